The van der Waals surface area contributed by atoms with E-state index in [4.69, 9.17) is 4.74 Å². The summed E-state index contributed by atoms with van der Waals surface area (Å²) in [5.41, 5.74) is 0.324. The molecule has 3 aliphatic rings. The van der Waals surface area contributed by atoms with Gasteiger partial charge in [-0.3, -0.25) is 24.6 Å². The molecular formula is C28H32N4O5. The van der Waals surface area contributed by atoms with Crippen molar-refractivity contribution in [2.45, 2.75) is 32.2 Å². The Bertz CT molecular complexity index is 1290. The third-order valence-corrected chi connectivity index (χ3v) is 7.66. The Morgan fingerprint density at radius 1 is 1.08 bits per heavy atom. The number of hydrogen-bond acceptors (Lipinski definition) is 6. The smallest absolute Gasteiger partial charge is 0.331 e. The van der Waals surface area contributed by atoms with E-state index in [1.54, 1.807) is 12.1 Å². The van der Waals surface area contributed by atoms with Crippen molar-refractivity contribution in [3.8, 4) is 5.75 Å². The monoisotopic (exact) mass is 504 g/mol. The van der Waals surface area contributed by atoms with E-state index in [1.807, 2.05) is 41.8 Å². The minimum Gasteiger partial charge on any atom is -0.494 e. The normalized spacial score (nSPS) is 25.4. The number of hydrogen-bond donors (Lipinski definition) is 1. The molecule has 3 atom stereocenters. The summed E-state index contributed by atoms with van der Waals surface area (Å²) >= 11 is 0. The Kier molecular flexibility index (Phi) is 6.72. The molecule has 9 nitrogen and oxygen atoms in total. The third kappa shape index (κ3) is 4.59. The van der Waals surface area contributed by atoms with Crippen molar-refractivity contribution >= 4 is 17.8 Å². The molecule has 2 bridgehead atoms. The number of fused-ring (bicyclic) bond motifs is 4. The fourth-order valence-corrected chi connectivity index (χ4v) is 6.10. The van der Waals surface area contributed by atoms with Crippen molar-refractivity contribution < 1.29 is 19.1 Å². The predicted octanol–water partition coefficient (Wildman–Crippen LogP) is 2.16. The van der Waals surface area contributed by atoms with Gasteiger partial charge in [0.1, 0.15) is 11.2 Å². The number of carbonyl (C=O) groups excluding carboxylic acids is 3. The molecule has 194 valence electrons. The summed E-state index contributed by atoms with van der Waals surface area (Å²) in [6, 6.07) is 12.0. The minimum atomic E-state index is -1.48. The van der Waals surface area contributed by atoms with Crippen molar-refractivity contribution in [1.82, 2.24) is 19.7 Å². The number of pyridine rings is 1. The number of imide groups is 2. The Labute approximate surface area is 215 Å². The standard InChI is InChI=1S/C28H32N4O5/c1-3-12-31-26(35)28(25(34)29-27(31)36,14-19-8-10-22(11-9-19)37-4-2)18-30-15-20-13-21(17-30)23-6-5-7-24(33)32(23)16-20/h3,5-11,20-21H,1,4,12-18H2,2H3,(H,29,34,36)/t20-,21+,28+/m0/s1. The first-order chi connectivity index (χ1) is 17.8. The van der Waals surface area contributed by atoms with Crippen LogP contribution in [0.5, 0.6) is 5.75 Å². The SMILES string of the molecule is C=CCN1C(=O)NC(=O)[C@@](Cc2ccc(OCC)cc2)(CN2C[C@@H]3C[C@H](C2)c2cccc(=O)n2C3)C1=O. The quantitative estimate of drug-likeness (QED) is 0.437. The number of carbonyl (C=O) groups is 3. The van der Waals surface area contributed by atoms with Crippen LogP contribution in [-0.4, -0.2) is 65.0 Å². The molecule has 37 heavy (non-hydrogen) atoms. The summed E-state index contributed by atoms with van der Waals surface area (Å²) in [5, 5.41) is 2.43. The molecule has 1 aromatic heterocycles. The summed E-state index contributed by atoms with van der Waals surface area (Å²) in [6.07, 6.45) is 2.59. The van der Waals surface area contributed by atoms with E-state index in [-0.39, 0.29) is 36.9 Å². The zero-order chi connectivity index (χ0) is 26.2. The number of barbiturate groups is 1. The maximum absolute atomic E-state index is 13.9. The van der Waals surface area contributed by atoms with Crippen molar-refractivity contribution in [1.29, 1.82) is 0 Å². The van der Waals surface area contributed by atoms with Gasteiger partial charge in [0.2, 0.25) is 11.8 Å². The number of aromatic nitrogens is 1. The van der Waals surface area contributed by atoms with E-state index in [0.717, 1.165) is 22.6 Å². The third-order valence-electron chi connectivity index (χ3n) is 7.66. The van der Waals surface area contributed by atoms with Gasteiger partial charge in [0.05, 0.1) is 6.61 Å². The number of benzene rings is 1. The van der Waals surface area contributed by atoms with Crippen LogP contribution in [-0.2, 0) is 22.6 Å². The van der Waals surface area contributed by atoms with Gasteiger partial charge in [0.25, 0.3) is 5.56 Å². The number of piperidine rings is 1. The summed E-state index contributed by atoms with van der Waals surface area (Å²) in [7, 11) is 0. The molecule has 0 unspecified atom stereocenters. The van der Waals surface area contributed by atoms with E-state index in [2.05, 4.69) is 16.8 Å². The fourth-order valence-electron chi connectivity index (χ4n) is 6.10. The minimum absolute atomic E-state index is 0.00744. The Balaban J connectivity index is 1.47. The van der Waals surface area contributed by atoms with Gasteiger partial charge in [-0.05, 0) is 49.4 Å². The molecule has 1 aromatic carbocycles. The summed E-state index contributed by atoms with van der Waals surface area (Å²) in [4.78, 5) is 55.6. The zero-order valence-electron chi connectivity index (χ0n) is 21.0. The average Bonchev–Trinajstić information content (AvgIpc) is 2.87. The van der Waals surface area contributed by atoms with Gasteiger partial charge >= 0.3 is 6.03 Å². The van der Waals surface area contributed by atoms with Gasteiger partial charge in [-0.2, -0.15) is 0 Å². The Morgan fingerprint density at radius 2 is 1.86 bits per heavy atom. The lowest BCUT2D eigenvalue weighted by Crippen LogP contribution is -2.68. The van der Waals surface area contributed by atoms with Crippen LogP contribution in [0.1, 0.15) is 30.5 Å². The van der Waals surface area contributed by atoms with Crippen LogP contribution < -0.4 is 15.6 Å². The first kappa shape index (κ1) is 25.0. The van der Waals surface area contributed by atoms with Crippen LogP contribution in [0.4, 0.5) is 4.79 Å². The molecule has 9 heteroatoms. The maximum atomic E-state index is 13.9. The van der Waals surface area contributed by atoms with Crippen LogP contribution >= 0.6 is 0 Å². The van der Waals surface area contributed by atoms with Gasteiger partial charge in [0, 0.05) is 50.4 Å². The van der Waals surface area contributed by atoms with Gasteiger partial charge in [-0.25, -0.2) is 4.79 Å². The van der Waals surface area contributed by atoms with Crippen LogP contribution in [0.3, 0.4) is 0 Å². The van der Waals surface area contributed by atoms with Crippen molar-refractivity contribution in [2.24, 2.45) is 11.3 Å². The molecule has 2 fully saturated rings. The summed E-state index contributed by atoms with van der Waals surface area (Å²) in [6.45, 7) is 8.22. The summed E-state index contributed by atoms with van der Waals surface area (Å²) < 4.78 is 7.40. The Morgan fingerprint density at radius 3 is 2.59 bits per heavy atom. The first-order valence-electron chi connectivity index (χ1n) is 12.8. The highest BCUT2D eigenvalue weighted by Crippen LogP contribution is 2.38. The number of rotatable bonds is 8. The molecule has 1 N–H and O–H groups in total. The molecule has 0 radical (unpaired) electrons. The van der Waals surface area contributed by atoms with Crippen LogP contribution in [0.25, 0.3) is 0 Å². The second kappa shape index (κ2) is 9.97. The van der Waals surface area contributed by atoms with Crippen LogP contribution in [0.15, 0.2) is 59.9 Å². The van der Waals surface area contributed by atoms with Gasteiger partial charge in [0.15, 0.2) is 0 Å². The number of amides is 4. The molecule has 2 aromatic rings. The average molecular weight is 505 g/mol. The summed E-state index contributed by atoms with van der Waals surface area (Å²) in [5.74, 6) is -0.00878. The van der Waals surface area contributed by atoms with Gasteiger partial charge < -0.3 is 14.2 Å². The predicted molar refractivity (Wildman–Crippen MR) is 137 cm³/mol. The van der Waals surface area contributed by atoms with Crippen LogP contribution in [0, 0.1) is 11.3 Å². The second-order valence-electron chi connectivity index (χ2n) is 10.2. The van der Waals surface area contributed by atoms with E-state index in [1.165, 1.54) is 6.08 Å². The maximum Gasteiger partial charge on any atom is 0.331 e. The molecule has 5 rings (SSSR count). The molecule has 4 heterocycles. The molecule has 0 aliphatic carbocycles. The number of nitrogens with one attached hydrogen (secondary N) is 1. The zero-order valence-corrected chi connectivity index (χ0v) is 21.0. The topological polar surface area (TPSA) is 101 Å². The Hall–Kier alpha value is -3.72. The van der Waals surface area contributed by atoms with Crippen LogP contribution in [0.2, 0.25) is 0 Å². The van der Waals surface area contributed by atoms with Crippen molar-refractivity contribution in [3.63, 3.8) is 0 Å². The van der Waals surface area contributed by atoms with Gasteiger partial charge in [-0.15, -0.1) is 6.58 Å². The number of likely N-dealkylation sites (tertiary alicyclic amines) is 1. The lowest BCUT2D eigenvalue weighted by molar-refractivity contribution is -0.153. The van der Waals surface area contributed by atoms with Crippen molar-refractivity contribution in [2.75, 3.05) is 32.8 Å². The number of ether oxygens (including phenoxy) is 1. The molecule has 3 aliphatic heterocycles. The highest BCUT2D eigenvalue weighted by molar-refractivity contribution is 6.19. The first-order valence-corrected chi connectivity index (χ1v) is 12.8. The van der Waals surface area contributed by atoms with E-state index >= 15 is 0 Å². The lowest BCUT2D eigenvalue weighted by Gasteiger charge is -2.47. The van der Waals surface area contributed by atoms with E-state index in [9.17, 15) is 19.2 Å². The molecule has 0 saturated carbocycles. The van der Waals surface area contributed by atoms with Crippen molar-refractivity contribution in [3.05, 3.63) is 76.7 Å². The molecule has 0 spiro atoms. The fraction of sp³-hybridized carbons (Fsp3) is 0.429. The van der Waals surface area contributed by atoms with Gasteiger partial charge in [-0.1, -0.05) is 24.3 Å². The highest BCUT2D eigenvalue weighted by atomic mass is 16.5. The lowest BCUT2D eigenvalue weighted by atomic mass is 9.75. The highest BCUT2D eigenvalue weighted by Gasteiger charge is 2.55. The number of nitrogens with zero attached hydrogens (tertiary/aromatic N) is 3. The van der Waals surface area contributed by atoms with E-state index < -0.39 is 23.3 Å². The largest absolute Gasteiger partial charge is 0.494 e. The molecule has 2 saturated heterocycles. The second-order valence-corrected chi connectivity index (χ2v) is 10.2. The molecule has 4 amide bonds. The molecular weight excluding hydrogens is 472 g/mol. The number of urea groups is 1. The van der Waals surface area contributed by atoms with E-state index in [0.29, 0.717) is 32.0 Å².